The van der Waals surface area contributed by atoms with E-state index in [0.717, 1.165) is 43.3 Å². The Morgan fingerprint density at radius 1 is 1.11 bits per heavy atom. The van der Waals surface area contributed by atoms with E-state index in [1.807, 2.05) is 26.0 Å². The summed E-state index contributed by atoms with van der Waals surface area (Å²) in [5.41, 5.74) is 1.33. The Hall–Kier alpha value is -1.84. The molecule has 0 amide bonds. The molecule has 7 nitrogen and oxygen atoms in total. The van der Waals surface area contributed by atoms with E-state index < -0.39 is 0 Å². The summed E-state index contributed by atoms with van der Waals surface area (Å²) in [5, 5.41) is 10.6. The second-order valence-corrected chi connectivity index (χ2v) is 6.68. The van der Waals surface area contributed by atoms with E-state index in [2.05, 4.69) is 37.9 Å². The molecule has 1 aromatic carbocycles. The number of methoxy groups -OCH3 is 1. The highest BCUT2D eigenvalue weighted by Gasteiger charge is 2.09. The molecule has 0 saturated heterocycles. The molecule has 0 bridgehead atoms. The molecule has 1 aromatic heterocycles. The standard InChI is InChI=1S/C20H31N5O2.HI/c1-15(2)19-24-18(27-25-19)12-14-23-20(21-3)22-13-6-5-7-16-8-10-17(26-4)11-9-16;/h8-11,15H,5-7,12-14H2,1-4H3,(H2,21,22,23);1H. The number of hydrogen-bond acceptors (Lipinski definition) is 5. The van der Waals surface area contributed by atoms with Gasteiger partial charge in [0.25, 0.3) is 0 Å². The summed E-state index contributed by atoms with van der Waals surface area (Å²) in [7, 11) is 3.46. The molecule has 2 N–H and O–H groups in total. The van der Waals surface area contributed by atoms with Gasteiger partial charge in [0.15, 0.2) is 11.8 Å². The second kappa shape index (κ2) is 13.4. The predicted octanol–water partition coefficient (Wildman–Crippen LogP) is 3.55. The second-order valence-electron chi connectivity index (χ2n) is 6.68. The van der Waals surface area contributed by atoms with Crippen LogP contribution in [0.5, 0.6) is 5.75 Å². The molecule has 2 rings (SSSR count). The molecule has 0 unspecified atom stereocenters. The van der Waals surface area contributed by atoms with Crippen molar-refractivity contribution in [3.05, 3.63) is 41.5 Å². The molecular weight excluding hydrogens is 469 g/mol. The molecule has 28 heavy (non-hydrogen) atoms. The highest BCUT2D eigenvalue weighted by Crippen LogP contribution is 2.13. The van der Waals surface area contributed by atoms with Crippen LogP contribution in [0.4, 0.5) is 0 Å². The predicted molar refractivity (Wildman–Crippen MR) is 123 cm³/mol. The molecule has 0 spiro atoms. The van der Waals surface area contributed by atoms with Gasteiger partial charge in [-0.1, -0.05) is 31.1 Å². The Bertz CT molecular complexity index is 701. The number of nitrogens with zero attached hydrogens (tertiary/aromatic N) is 3. The lowest BCUT2D eigenvalue weighted by Gasteiger charge is -2.11. The van der Waals surface area contributed by atoms with Crippen LogP contribution in [0, 0.1) is 0 Å². The molecule has 0 fully saturated rings. The van der Waals surface area contributed by atoms with Crippen LogP contribution in [-0.4, -0.2) is 43.3 Å². The van der Waals surface area contributed by atoms with Gasteiger partial charge in [0, 0.05) is 32.5 Å². The van der Waals surface area contributed by atoms with Gasteiger partial charge in [-0.15, -0.1) is 24.0 Å². The van der Waals surface area contributed by atoms with Gasteiger partial charge in [-0.3, -0.25) is 4.99 Å². The Labute approximate surface area is 184 Å². The highest BCUT2D eigenvalue weighted by molar-refractivity contribution is 14.0. The molecule has 8 heteroatoms. The van der Waals surface area contributed by atoms with Crippen LogP contribution in [0.1, 0.15) is 49.9 Å². The van der Waals surface area contributed by atoms with Crippen LogP contribution in [-0.2, 0) is 12.8 Å². The van der Waals surface area contributed by atoms with Gasteiger partial charge in [-0.2, -0.15) is 4.98 Å². The third kappa shape index (κ3) is 8.45. The first-order chi connectivity index (χ1) is 13.1. The molecule has 0 atom stereocenters. The summed E-state index contributed by atoms with van der Waals surface area (Å²) < 4.78 is 10.4. The van der Waals surface area contributed by atoms with Crippen LogP contribution >= 0.6 is 24.0 Å². The van der Waals surface area contributed by atoms with Crippen molar-refractivity contribution in [2.45, 2.75) is 45.4 Å². The Balaban J connectivity index is 0.00000392. The fraction of sp³-hybridized carbons (Fsp3) is 0.550. The number of aromatic nitrogens is 2. The van der Waals surface area contributed by atoms with E-state index in [4.69, 9.17) is 9.26 Å². The minimum atomic E-state index is 0. The quantitative estimate of drug-likeness (QED) is 0.224. The van der Waals surface area contributed by atoms with Gasteiger partial charge in [-0.05, 0) is 37.0 Å². The molecule has 2 aromatic rings. The maximum absolute atomic E-state index is 5.24. The molecule has 156 valence electrons. The number of hydrogen-bond donors (Lipinski definition) is 2. The zero-order chi connectivity index (χ0) is 19.5. The van der Waals surface area contributed by atoms with Gasteiger partial charge in [0.05, 0.1) is 7.11 Å². The minimum absolute atomic E-state index is 0. The number of aliphatic imine (C=N–C) groups is 1. The fourth-order valence-corrected chi connectivity index (χ4v) is 2.57. The van der Waals surface area contributed by atoms with E-state index in [0.29, 0.717) is 18.9 Å². The molecule has 0 aliphatic carbocycles. The number of rotatable bonds is 10. The average molecular weight is 501 g/mol. The smallest absolute Gasteiger partial charge is 0.228 e. The van der Waals surface area contributed by atoms with E-state index in [-0.39, 0.29) is 29.9 Å². The number of aryl methyl sites for hydroxylation is 1. The number of halogens is 1. The van der Waals surface area contributed by atoms with Crippen LogP contribution in [0.3, 0.4) is 0 Å². The van der Waals surface area contributed by atoms with E-state index in [1.54, 1.807) is 14.2 Å². The number of nitrogens with one attached hydrogen (secondary N) is 2. The largest absolute Gasteiger partial charge is 0.497 e. The Kier molecular flexibility index (Phi) is 11.5. The number of ether oxygens (including phenoxy) is 1. The van der Waals surface area contributed by atoms with Crippen LogP contribution in [0.2, 0.25) is 0 Å². The van der Waals surface area contributed by atoms with Gasteiger partial charge in [0.2, 0.25) is 5.89 Å². The fourth-order valence-electron chi connectivity index (χ4n) is 2.57. The summed E-state index contributed by atoms with van der Waals surface area (Å²) in [6.07, 6.45) is 3.94. The van der Waals surface area contributed by atoms with Gasteiger partial charge in [-0.25, -0.2) is 0 Å². The number of guanidine groups is 1. The topological polar surface area (TPSA) is 84.6 Å². The monoisotopic (exact) mass is 501 g/mol. The van der Waals surface area contributed by atoms with Gasteiger partial charge in [0.1, 0.15) is 5.75 Å². The van der Waals surface area contributed by atoms with Crippen molar-refractivity contribution in [3.8, 4) is 5.75 Å². The first-order valence-corrected chi connectivity index (χ1v) is 9.52. The van der Waals surface area contributed by atoms with Gasteiger partial charge < -0.3 is 19.9 Å². The van der Waals surface area contributed by atoms with Crippen LogP contribution in [0.25, 0.3) is 0 Å². The van der Waals surface area contributed by atoms with Crippen LogP contribution < -0.4 is 15.4 Å². The normalized spacial score (nSPS) is 11.2. The lowest BCUT2D eigenvalue weighted by Crippen LogP contribution is -2.38. The first-order valence-electron chi connectivity index (χ1n) is 9.52. The zero-order valence-corrected chi connectivity index (χ0v) is 19.5. The van der Waals surface area contributed by atoms with E-state index >= 15 is 0 Å². The lowest BCUT2D eigenvalue weighted by atomic mass is 10.1. The van der Waals surface area contributed by atoms with Crippen molar-refractivity contribution in [3.63, 3.8) is 0 Å². The summed E-state index contributed by atoms with van der Waals surface area (Å²) in [6.45, 7) is 5.68. The summed E-state index contributed by atoms with van der Waals surface area (Å²) in [5.74, 6) is 3.38. The Morgan fingerprint density at radius 2 is 1.82 bits per heavy atom. The summed E-state index contributed by atoms with van der Waals surface area (Å²) in [4.78, 5) is 8.61. The maximum atomic E-state index is 5.24. The van der Waals surface area contributed by atoms with Crippen molar-refractivity contribution in [2.75, 3.05) is 27.2 Å². The number of unbranched alkanes of at least 4 members (excludes halogenated alkanes) is 1. The van der Waals surface area contributed by atoms with Gasteiger partial charge >= 0.3 is 0 Å². The van der Waals surface area contributed by atoms with Crippen molar-refractivity contribution in [2.24, 2.45) is 4.99 Å². The third-order valence-electron chi connectivity index (χ3n) is 4.20. The Morgan fingerprint density at radius 3 is 2.43 bits per heavy atom. The molecule has 0 saturated carbocycles. The maximum Gasteiger partial charge on any atom is 0.228 e. The summed E-state index contributed by atoms with van der Waals surface area (Å²) >= 11 is 0. The molecule has 0 aliphatic rings. The van der Waals surface area contributed by atoms with Crippen molar-refractivity contribution in [1.29, 1.82) is 0 Å². The molecule has 1 heterocycles. The minimum Gasteiger partial charge on any atom is -0.497 e. The lowest BCUT2D eigenvalue weighted by molar-refractivity contribution is 0.371. The third-order valence-corrected chi connectivity index (χ3v) is 4.20. The zero-order valence-electron chi connectivity index (χ0n) is 17.2. The number of benzene rings is 1. The highest BCUT2D eigenvalue weighted by atomic mass is 127. The molecular formula is C20H32IN5O2. The molecule has 0 radical (unpaired) electrons. The average Bonchev–Trinajstić information content (AvgIpc) is 3.16. The van der Waals surface area contributed by atoms with Crippen molar-refractivity contribution >= 4 is 29.9 Å². The SMILES string of the molecule is CN=C(NCCCCc1ccc(OC)cc1)NCCc1nc(C(C)C)no1.I. The van der Waals surface area contributed by atoms with E-state index in [1.165, 1.54) is 5.56 Å². The van der Waals surface area contributed by atoms with E-state index in [9.17, 15) is 0 Å². The molecule has 0 aliphatic heterocycles. The summed E-state index contributed by atoms with van der Waals surface area (Å²) in [6, 6.07) is 8.25. The van der Waals surface area contributed by atoms with Crippen molar-refractivity contribution < 1.29 is 9.26 Å². The first kappa shape index (κ1) is 24.2. The van der Waals surface area contributed by atoms with Crippen molar-refractivity contribution in [1.82, 2.24) is 20.8 Å². The van der Waals surface area contributed by atoms with Crippen LogP contribution in [0.15, 0.2) is 33.8 Å².